The van der Waals surface area contributed by atoms with Crippen LogP contribution in [0.15, 0.2) is 60.7 Å². The van der Waals surface area contributed by atoms with E-state index in [1.807, 2.05) is 6.07 Å². The quantitative estimate of drug-likeness (QED) is 0.698. The van der Waals surface area contributed by atoms with Gasteiger partial charge in [-0.1, -0.05) is 24.3 Å². The monoisotopic (exact) mass is 390 g/mol. The van der Waals surface area contributed by atoms with Crippen molar-refractivity contribution in [3.8, 4) is 10.4 Å². The highest BCUT2D eigenvalue weighted by Crippen LogP contribution is 2.28. The molecular formula is C18H15FN2O3S2. The van der Waals surface area contributed by atoms with Gasteiger partial charge in [0, 0.05) is 10.6 Å². The van der Waals surface area contributed by atoms with Crippen LogP contribution in [0.4, 0.5) is 10.1 Å². The topological polar surface area (TPSA) is 89.3 Å². The average molecular weight is 390 g/mol. The minimum atomic E-state index is -3.59. The number of carbonyl (C=O) groups excluding carboxylic acids is 1. The molecule has 3 rings (SSSR count). The number of primary sulfonamides is 1. The third-order valence-corrected chi connectivity index (χ3v) is 5.41. The van der Waals surface area contributed by atoms with E-state index in [-0.39, 0.29) is 17.5 Å². The molecule has 0 aliphatic carbocycles. The van der Waals surface area contributed by atoms with Gasteiger partial charge < -0.3 is 5.32 Å². The van der Waals surface area contributed by atoms with Crippen LogP contribution in [0.3, 0.4) is 0 Å². The Balaban J connectivity index is 1.69. The molecule has 0 bridgehead atoms. The number of thiophene rings is 1. The lowest BCUT2D eigenvalue weighted by atomic mass is 10.2. The molecule has 134 valence electrons. The van der Waals surface area contributed by atoms with Gasteiger partial charge in [0.05, 0.1) is 10.6 Å². The Bertz CT molecular complexity index is 1030. The maximum atomic E-state index is 13.0. The molecule has 26 heavy (non-hydrogen) atoms. The Labute approximate surface area is 154 Å². The van der Waals surface area contributed by atoms with Crippen molar-refractivity contribution < 1.29 is 17.6 Å². The van der Waals surface area contributed by atoms with E-state index in [1.165, 1.54) is 23.5 Å². The van der Waals surface area contributed by atoms with E-state index in [4.69, 9.17) is 5.14 Å². The third-order valence-electron chi connectivity index (χ3n) is 3.54. The van der Waals surface area contributed by atoms with Crippen LogP contribution in [-0.4, -0.2) is 14.3 Å². The predicted octanol–water partition coefficient (Wildman–Crippen LogP) is 3.60. The van der Waals surface area contributed by atoms with Gasteiger partial charge in [-0.15, -0.1) is 11.3 Å². The highest BCUT2D eigenvalue weighted by Gasteiger charge is 2.11. The van der Waals surface area contributed by atoms with Crippen LogP contribution in [0.25, 0.3) is 10.4 Å². The summed E-state index contributed by atoms with van der Waals surface area (Å²) in [6.45, 7) is 0. The van der Waals surface area contributed by atoms with Crippen molar-refractivity contribution in [2.75, 3.05) is 5.32 Å². The van der Waals surface area contributed by atoms with Crippen LogP contribution < -0.4 is 10.5 Å². The minimum absolute atomic E-state index is 0.257. The summed E-state index contributed by atoms with van der Waals surface area (Å²) in [7, 11) is -3.59. The highest BCUT2D eigenvalue weighted by atomic mass is 32.2. The number of anilines is 1. The number of nitrogens with two attached hydrogens (primary N) is 1. The molecule has 3 N–H and O–H groups in total. The fourth-order valence-corrected chi connectivity index (χ4v) is 3.90. The standard InChI is InChI=1S/C18H15FN2O3S2/c19-14-5-3-13(4-6-14)16-9-10-17(25-16)18(22)21-15-7-1-12(2-8-15)11-26(20,23)24/h1-10H,11H2,(H,21,22)(H2,20,23,24). The lowest BCUT2D eigenvalue weighted by molar-refractivity contribution is 0.103. The first-order valence-electron chi connectivity index (χ1n) is 7.57. The van der Waals surface area contributed by atoms with Crippen LogP contribution >= 0.6 is 11.3 Å². The molecule has 5 nitrogen and oxygen atoms in total. The maximum Gasteiger partial charge on any atom is 0.265 e. The van der Waals surface area contributed by atoms with Crippen molar-refractivity contribution >= 4 is 33.0 Å². The SMILES string of the molecule is NS(=O)(=O)Cc1ccc(NC(=O)c2ccc(-c3ccc(F)cc3)s2)cc1. The molecular weight excluding hydrogens is 375 g/mol. The van der Waals surface area contributed by atoms with Gasteiger partial charge >= 0.3 is 0 Å². The molecule has 0 saturated carbocycles. The molecule has 0 radical (unpaired) electrons. The lowest BCUT2D eigenvalue weighted by Gasteiger charge is -2.05. The number of hydrogen-bond acceptors (Lipinski definition) is 4. The summed E-state index contributed by atoms with van der Waals surface area (Å²) in [5.41, 5.74) is 1.92. The van der Waals surface area contributed by atoms with Gasteiger partial charge in [0.2, 0.25) is 10.0 Å². The van der Waals surface area contributed by atoms with Gasteiger partial charge in [-0.2, -0.15) is 0 Å². The Hall–Kier alpha value is -2.55. The Morgan fingerprint density at radius 3 is 2.27 bits per heavy atom. The minimum Gasteiger partial charge on any atom is -0.321 e. The number of amides is 1. The largest absolute Gasteiger partial charge is 0.321 e. The van der Waals surface area contributed by atoms with E-state index < -0.39 is 10.0 Å². The van der Waals surface area contributed by atoms with Crippen molar-refractivity contribution in [2.24, 2.45) is 5.14 Å². The smallest absolute Gasteiger partial charge is 0.265 e. The van der Waals surface area contributed by atoms with Gasteiger partial charge in [0.25, 0.3) is 5.91 Å². The zero-order valence-electron chi connectivity index (χ0n) is 13.5. The summed E-state index contributed by atoms with van der Waals surface area (Å²) in [4.78, 5) is 13.7. The summed E-state index contributed by atoms with van der Waals surface area (Å²) in [6, 6.07) is 16.0. The molecule has 0 saturated heterocycles. The summed E-state index contributed by atoms with van der Waals surface area (Å²) >= 11 is 1.30. The van der Waals surface area contributed by atoms with Crippen molar-refractivity contribution in [2.45, 2.75) is 5.75 Å². The number of hydrogen-bond donors (Lipinski definition) is 2. The van der Waals surface area contributed by atoms with Crippen LogP contribution in [0.5, 0.6) is 0 Å². The van der Waals surface area contributed by atoms with Gasteiger partial charge in [-0.05, 0) is 47.5 Å². The zero-order chi connectivity index (χ0) is 18.7. The molecule has 0 spiro atoms. The van der Waals surface area contributed by atoms with E-state index in [9.17, 15) is 17.6 Å². The number of sulfonamides is 1. The Kier molecular flexibility index (Phi) is 5.17. The van der Waals surface area contributed by atoms with Crippen molar-refractivity contribution in [1.29, 1.82) is 0 Å². The summed E-state index contributed by atoms with van der Waals surface area (Å²) in [5.74, 6) is -0.843. The molecule has 0 aliphatic heterocycles. The van der Waals surface area contributed by atoms with Gasteiger partial charge in [0.1, 0.15) is 5.82 Å². The van der Waals surface area contributed by atoms with Crippen LogP contribution in [0, 0.1) is 5.82 Å². The van der Waals surface area contributed by atoms with Gasteiger partial charge in [0.15, 0.2) is 0 Å². The molecule has 2 aromatic carbocycles. The van der Waals surface area contributed by atoms with Crippen molar-refractivity contribution in [3.05, 3.63) is 76.9 Å². The number of benzene rings is 2. The fraction of sp³-hybridized carbons (Fsp3) is 0.0556. The zero-order valence-corrected chi connectivity index (χ0v) is 15.1. The van der Waals surface area contributed by atoms with Crippen molar-refractivity contribution in [1.82, 2.24) is 0 Å². The van der Waals surface area contributed by atoms with E-state index in [1.54, 1.807) is 42.5 Å². The molecule has 0 fully saturated rings. The van der Waals surface area contributed by atoms with E-state index in [0.717, 1.165) is 10.4 Å². The number of nitrogens with one attached hydrogen (secondary N) is 1. The maximum absolute atomic E-state index is 13.0. The first kappa shape index (κ1) is 18.2. The van der Waals surface area contributed by atoms with E-state index in [0.29, 0.717) is 16.1 Å². The Morgan fingerprint density at radius 2 is 1.65 bits per heavy atom. The summed E-state index contributed by atoms with van der Waals surface area (Å²) in [5, 5.41) is 7.76. The molecule has 0 atom stereocenters. The van der Waals surface area contributed by atoms with Crippen molar-refractivity contribution in [3.63, 3.8) is 0 Å². The van der Waals surface area contributed by atoms with Crippen LogP contribution in [0.2, 0.25) is 0 Å². The van der Waals surface area contributed by atoms with Gasteiger partial charge in [-0.3, -0.25) is 4.79 Å². The molecule has 1 heterocycles. The summed E-state index contributed by atoms with van der Waals surface area (Å²) in [6.07, 6.45) is 0. The molecule has 8 heteroatoms. The van der Waals surface area contributed by atoms with Crippen LogP contribution in [-0.2, 0) is 15.8 Å². The molecule has 1 amide bonds. The highest BCUT2D eigenvalue weighted by molar-refractivity contribution is 7.88. The molecule has 0 unspecified atom stereocenters. The van der Waals surface area contributed by atoms with E-state index in [2.05, 4.69) is 5.32 Å². The van der Waals surface area contributed by atoms with Gasteiger partial charge in [-0.25, -0.2) is 17.9 Å². The second kappa shape index (κ2) is 7.36. The molecule has 3 aromatic rings. The summed E-state index contributed by atoms with van der Waals surface area (Å²) < 4.78 is 35.1. The lowest BCUT2D eigenvalue weighted by Crippen LogP contribution is -2.14. The average Bonchev–Trinajstić information content (AvgIpc) is 3.06. The first-order chi connectivity index (χ1) is 12.3. The fourth-order valence-electron chi connectivity index (χ4n) is 2.34. The molecule has 0 aliphatic rings. The number of halogens is 1. The number of rotatable bonds is 5. The van der Waals surface area contributed by atoms with E-state index >= 15 is 0 Å². The second-order valence-electron chi connectivity index (χ2n) is 5.63. The normalized spacial score (nSPS) is 11.3. The second-order valence-corrected chi connectivity index (χ2v) is 8.33. The van der Waals surface area contributed by atoms with Crippen LogP contribution in [0.1, 0.15) is 15.2 Å². The predicted molar refractivity (Wildman–Crippen MR) is 101 cm³/mol. The molecule has 1 aromatic heterocycles. The first-order valence-corrected chi connectivity index (χ1v) is 10.1. The number of carbonyl (C=O) groups is 1. The Morgan fingerprint density at radius 1 is 1.00 bits per heavy atom. The third kappa shape index (κ3) is 4.75.